The van der Waals surface area contributed by atoms with Crippen molar-refractivity contribution in [3.63, 3.8) is 0 Å². The Labute approximate surface area is 383 Å². The number of nitrogens with two attached hydrogens (primary N) is 2. The number of hydrogen-bond acceptors (Lipinski definition) is 12. The normalized spacial score (nSPS) is 11.7. The Balaban J connectivity index is 0.00000403. The largest absolute Gasteiger partial charge is 0.494 e. The average molecular weight is 908 g/mol. The molecular formula is C46H61N13O7. The number of fused-ring (bicyclic) bond motifs is 2. The maximum Gasteiger partial charge on any atom is 0.276 e. The molecule has 0 saturated carbocycles. The number of aryl methyl sites for hydroxylation is 4. The first-order valence-electron chi connectivity index (χ1n) is 21.9. The minimum absolute atomic E-state index is 0.0654. The fourth-order valence-corrected chi connectivity index (χ4v) is 7.34. The molecule has 6 rings (SSSR count). The Bertz CT molecular complexity index is 2740. The molecule has 0 bridgehead atoms. The topological polar surface area (TPSA) is 254 Å². The third kappa shape index (κ3) is 11.3. The molecule has 0 fully saturated rings. The highest BCUT2D eigenvalue weighted by molar-refractivity contribution is 6.05. The second-order valence-electron chi connectivity index (χ2n) is 15.6. The van der Waals surface area contributed by atoms with Crippen LogP contribution in [0.1, 0.15) is 100 Å². The first kappa shape index (κ1) is 49.7. The number of amides is 4. The van der Waals surface area contributed by atoms with Crippen LogP contribution >= 0.6 is 0 Å². The molecule has 0 saturated heterocycles. The van der Waals surface area contributed by atoms with Gasteiger partial charge in [0.05, 0.1) is 36.1 Å². The van der Waals surface area contributed by atoms with Gasteiger partial charge in [0.2, 0.25) is 23.7 Å². The molecule has 0 aliphatic carbocycles. The number of methoxy groups -OCH3 is 1. The van der Waals surface area contributed by atoms with Gasteiger partial charge in [-0.05, 0) is 83.5 Å². The predicted octanol–water partition coefficient (Wildman–Crippen LogP) is 5.36. The van der Waals surface area contributed by atoms with Crippen LogP contribution in [0.5, 0.6) is 11.5 Å². The standard InChI is InChI=1S/C45H56N12O7.CH5N/c1-9-27(4)19-38(59)53(7)15-14-18-64-37-23-30(26-58)22-32-40(37)55(44(47-32)49-42(61)34-20-28(5)51-56(34)10-2)17-13-12-16-54-39-33(24-31(41(46)60)25-36(39)63-8)48-45(54)50-43(62)35-21-29(6)52-57(35)11-3;1-2/h12-13,20-27H,9-11,14-19H2,1-8H3,(H2,46,60)(H,47,49,61)(H,48,50,62);2H2,1H3/b13-12+;. The molecular weight excluding hydrogens is 847 g/mol. The first-order chi connectivity index (χ1) is 31.7. The summed E-state index contributed by atoms with van der Waals surface area (Å²) in [4.78, 5) is 75.8. The summed E-state index contributed by atoms with van der Waals surface area (Å²) in [5.41, 5.74) is 14.5. The third-order valence-electron chi connectivity index (χ3n) is 10.9. The van der Waals surface area contributed by atoms with Crippen LogP contribution in [0.4, 0.5) is 11.9 Å². The Morgan fingerprint density at radius 1 is 0.803 bits per heavy atom. The number of rotatable bonds is 21. The number of anilines is 2. The molecule has 2 aromatic carbocycles. The SMILES string of the molecule is CCC(C)CC(=O)N(C)CCCOc1cc(C=O)cc2nc(NC(=O)c3cc(C)nn3CC)n(C/C=C/Cn3c(NC(=O)c4cc(C)nn4CC)nc4cc(C(N)=O)cc(OC)c43)c12.CN. The summed E-state index contributed by atoms with van der Waals surface area (Å²) < 4.78 is 18.8. The van der Waals surface area contributed by atoms with Gasteiger partial charge in [0.1, 0.15) is 40.2 Å². The Morgan fingerprint density at radius 3 is 1.82 bits per heavy atom. The van der Waals surface area contributed by atoms with E-state index in [-0.39, 0.29) is 49.0 Å². The molecule has 66 heavy (non-hydrogen) atoms. The lowest BCUT2D eigenvalue weighted by atomic mass is 10.0. The van der Waals surface area contributed by atoms with Gasteiger partial charge in [0.25, 0.3) is 11.8 Å². The zero-order valence-electron chi connectivity index (χ0n) is 39.2. The van der Waals surface area contributed by atoms with E-state index in [9.17, 15) is 24.0 Å². The van der Waals surface area contributed by atoms with Gasteiger partial charge in [0.15, 0.2) is 0 Å². The van der Waals surface area contributed by atoms with Crippen molar-refractivity contribution in [3.8, 4) is 11.5 Å². The van der Waals surface area contributed by atoms with Gasteiger partial charge in [-0.1, -0.05) is 32.4 Å². The van der Waals surface area contributed by atoms with Crippen LogP contribution in [0.25, 0.3) is 22.1 Å². The number of primary amides is 1. The van der Waals surface area contributed by atoms with Gasteiger partial charge in [-0.2, -0.15) is 10.2 Å². The number of ether oxygens (including phenoxy) is 2. The van der Waals surface area contributed by atoms with E-state index in [1.165, 1.54) is 26.3 Å². The third-order valence-corrected chi connectivity index (χ3v) is 10.9. The fraction of sp³-hybridized carbons (Fsp3) is 0.413. The maximum absolute atomic E-state index is 13.8. The number of nitrogens with one attached hydrogen (secondary N) is 2. The lowest BCUT2D eigenvalue weighted by Gasteiger charge is -2.19. The molecule has 4 amide bonds. The number of benzene rings is 2. The highest BCUT2D eigenvalue weighted by Gasteiger charge is 2.23. The molecule has 20 nitrogen and oxygen atoms in total. The van der Waals surface area contributed by atoms with E-state index < -0.39 is 17.7 Å². The summed E-state index contributed by atoms with van der Waals surface area (Å²) >= 11 is 0. The van der Waals surface area contributed by atoms with Crippen LogP contribution in [-0.4, -0.2) is 108 Å². The van der Waals surface area contributed by atoms with Crippen molar-refractivity contribution in [2.75, 3.05) is 45.0 Å². The van der Waals surface area contributed by atoms with Gasteiger partial charge >= 0.3 is 0 Å². The van der Waals surface area contributed by atoms with E-state index in [0.29, 0.717) is 101 Å². The molecule has 0 aliphatic heterocycles. The number of allylic oxidation sites excluding steroid dienone is 2. The molecule has 4 aromatic heterocycles. The molecule has 20 heteroatoms. The van der Waals surface area contributed by atoms with Crippen LogP contribution in [0.3, 0.4) is 0 Å². The minimum atomic E-state index is -0.671. The summed E-state index contributed by atoms with van der Waals surface area (Å²) in [5.74, 6) is -0.135. The van der Waals surface area contributed by atoms with Crippen molar-refractivity contribution in [1.29, 1.82) is 0 Å². The van der Waals surface area contributed by atoms with Crippen molar-refractivity contribution in [1.82, 2.24) is 43.6 Å². The van der Waals surface area contributed by atoms with Crippen LogP contribution < -0.4 is 31.6 Å². The molecule has 1 atom stereocenters. The minimum Gasteiger partial charge on any atom is -0.494 e. The summed E-state index contributed by atoms with van der Waals surface area (Å²) in [6.45, 7) is 13.5. The molecule has 1 unspecified atom stereocenters. The van der Waals surface area contributed by atoms with Crippen molar-refractivity contribution >= 4 is 63.9 Å². The Hall–Kier alpha value is -7.35. The lowest BCUT2D eigenvalue weighted by Crippen LogP contribution is -2.29. The average Bonchev–Trinajstić information content (AvgIpc) is 4.08. The van der Waals surface area contributed by atoms with E-state index in [1.54, 1.807) is 68.6 Å². The maximum atomic E-state index is 13.8. The van der Waals surface area contributed by atoms with Gasteiger partial charge < -0.3 is 35.0 Å². The summed E-state index contributed by atoms with van der Waals surface area (Å²) in [7, 11) is 4.74. The highest BCUT2D eigenvalue weighted by atomic mass is 16.5. The van der Waals surface area contributed by atoms with Crippen LogP contribution in [0, 0.1) is 19.8 Å². The molecule has 4 heterocycles. The number of carbonyl (C=O) groups is 5. The second kappa shape index (κ2) is 22.5. The Morgan fingerprint density at radius 2 is 1.33 bits per heavy atom. The van der Waals surface area contributed by atoms with Crippen molar-refractivity contribution in [2.24, 2.45) is 17.4 Å². The number of aldehydes is 1. The highest BCUT2D eigenvalue weighted by Crippen LogP contribution is 2.33. The number of hydrogen-bond donors (Lipinski definition) is 4. The number of nitrogens with zero attached hydrogens (tertiary/aromatic N) is 9. The van der Waals surface area contributed by atoms with E-state index in [1.807, 2.05) is 26.0 Å². The van der Waals surface area contributed by atoms with Gasteiger partial charge in [0, 0.05) is 57.3 Å². The van der Waals surface area contributed by atoms with E-state index in [2.05, 4.69) is 40.4 Å². The molecule has 0 spiro atoms. The van der Waals surface area contributed by atoms with Gasteiger partial charge in [-0.15, -0.1) is 0 Å². The quantitative estimate of drug-likeness (QED) is 0.0405. The number of imidazole rings is 2. The molecule has 352 valence electrons. The molecule has 0 radical (unpaired) electrons. The van der Waals surface area contributed by atoms with Crippen LogP contribution in [0.2, 0.25) is 0 Å². The number of carbonyl (C=O) groups excluding carboxylic acids is 5. The van der Waals surface area contributed by atoms with Crippen molar-refractivity contribution in [2.45, 2.75) is 87.0 Å². The summed E-state index contributed by atoms with van der Waals surface area (Å²) in [6.07, 6.45) is 6.31. The lowest BCUT2D eigenvalue weighted by molar-refractivity contribution is -0.130. The number of aromatic nitrogens is 8. The predicted molar refractivity (Wildman–Crippen MR) is 252 cm³/mol. The van der Waals surface area contributed by atoms with E-state index in [0.717, 1.165) is 6.42 Å². The smallest absolute Gasteiger partial charge is 0.276 e. The van der Waals surface area contributed by atoms with Gasteiger partial charge in [-0.3, -0.25) is 44.0 Å². The van der Waals surface area contributed by atoms with Crippen LogP contribution in [-0.2, 0) is 31.0 Å². The molecule has 0 aliphatic rings. The summed E-state index contributed by atoms with van der Waals surface area (Å²) in [5, 5.41) is 14.7. The van der Waals surface area contributed by atoms with E-state index in [4.69, 9.17) is 25.2 Å². The molecule has 6 N–H and O–H groups in total. The van der Waals surface area contributed by atoms with Gasteiger partial charge in [-0.25, -0.2) is 9.97 Å². The fourth-order valence-electron chi connectivity index (χ4n) is 7.34. The zero-order chi connectivity index (χ0) is 48.2. The Kier molecular flexibility index (Phi) is 16.9. The first-order valence-corrected chi connectivity index (χ1v) is 21.9. The zero-order valence-corrected chi connectivity index (χ0v) is 39.2. The van der Waals surface area contributed by atoms with Crippen molar-refractivity contribution in [3.05, 3.63) is 82.5 Å². The second-order valence-corrected chi connectivity index (χ2v) is 15.6. The van der Waals surface area contributed by atoms with Crippen LogP contribution in [0.15, 0.2) is 48.6 Å². The summed E-state index contributed by atoms with van der Waals surface area (Å²) in [6, 6.07) is 9.68. The molecule has 6 aromatic rings. The van der Waals surface area contributed by atoms with Crippen molar-refractivity contribution < 1.29 is 33.4 Å². The monoisotopic (exact) mass is 907 g/mol. The van der Waals surface area contributed by atoms with E-state index >= 15 is 0 Å².